The van der Waals surface area contributed by atoms with Crippen molar-refractivity contribution in [2.45, 2.75) is 6.54 Å². The Balaban J connectivity index is 1.63. The van der Waals surface area contributed by atoms with Crippen LogP contribution in [-0.4, -0.2) is 7.11 Å². The highest BCUT2D eigenvalue weighted by Crippen LogP contribution is 2.20. The second-order valence-electron chi connectivity index (χ2n) is 5.15. The van der Waals surface area contributed by atoms with Gasteiger partial charge in [0.2, 0.25) is 0 Å². The summed E-state index contributed by atoms with van der Waals surface area (Å²) in [4.78, 5) is 0. The fourth-order valence-corrected chi connectivity index (χ4v) is 2.36. The molecule has 0 saturated carbocycles. The molecule has 2 heteroatoms. The van der Waals surface area contributed by atoms with Gasteiger partial charge in [-0.1, -0.05) is 54.6 Å². The van der Waals surface area contributed by atoms with Gasteiger partial charge in [0.1, 0.15) is 5.75 Å². The molecule has 0 aliphatic rings. The molecule has 110 valence electrons. The molecule has 0 fully saturated rings. The van der Waals surface area contributed by atoms with Gasteiger partial charge in [0.15, 0.2) is 0 Å². The first kappa shape index (κ1) is 14.2. The summed E-state index contributed by atoms with van der Waals surface area (Å²) in [5.74, 6) is 0.873. The summed E-state index contributed by atoms with van der Waals surface area (Å²) in [6.07, 6.45) is 0. The lowest BCUT2D eigenvalue weighted by Gasteiger charge is -2.08. The monoisotopic (exact) mass is 289 g/mol. The van der Waals surface area contributed by atoms with Crippen molar-refractivity contribution in [2.75, 3.05) is 12.4 Å². The van der Waals surface area contributed by atoms with Crippen LogP contribution < -0.4 is 10.1 Å². The van der Waals surface area contributed by atoms with Gasteiger partial charge in [0, 0.05) is 12.2 Å². The molecule has 2 nitrogen and oxygen atoms in total. The molecule has 1 N–H and O–H groups in total. The van der Waals surface area contributed by atoms with Crippen molar-refractivity contribution in [1.82, 2.24) is 0 Å². The predicted molar refractivity (Wildman–Crippen MR) is 92.2 cm³/mol. The van der Waals surface area contributed by atoms with Gasteiger partial charge in [0.05, 0.1) is 7.11 Å². The molecule has 0 unspecified atom stereocenters. The van der Waals surface area contributed by atoms with Crippen molar-refractivity contribution in [3.05, 3.63) is 84.4 Å². The van der Waals surface area contributed by atoms with Crippen molar-refractivity contribution in [1.29, 1.82) is 0 Å². The van der Waals surface area contributed by atoms with Crippen LogP contribution in [0.15, 0.2) is 78.9 Å². The number of rotatable bonds is 5. The quantitative estimate of drug-likeness (QED) is 0.715. The lowest BCUT2D eigenvalue weighted by Crippen LogP contribution is -1.99. The van der Waals surface area contributed by atoms with E-state index in [9.17, 15) is 0 Å². The largest absolute Gasteiger partial charge is 0.497 e. The van der Waals surface area contributed by atoms with Crippen LogP contribution in [0.3, 0.4) is 0 Å². The normalized spacial score (nSPS) is 10.2. The van der Waals surface area contributed by atoms with E-state index < -0.39 is 0 Å². The first-order valence-corrected chi connectivity index (χ1v) is 7.37. The summed E-state index contributed by atoms with van der Waals surface area (Å²) in [5.41, 5.74) is 4.84. The third-order valence-electron chi connectivity index (χ3n) is 3.65. The van der Waals surface area contributed by atoms with E-state index in [1.54, 1.807) is 7.11 Å². The third-order valence-corrected chi connectivity index (χ3v) is 3.65. The Hall–Kier alpha value is -2.74. The van der Waals surface area contributed by atoms with Gasteiger partial charge in [-0.05, 0) is 41.0 Å². The van der Waals surface area contributed by atoms with Gasteiger partial charge in [-0.25, -0.2) is 0 Å². The zero-order chi connectivity index (χ0) is 15.2. The molecule has 3 aromatic carbocycles. The summed E-state index contributed by atoms with van der Waals surface area (Å²) in [7, 11) is 1.68. The Morgan fingerprint density at radius 2 is 1.36 bits per heavy atom. The van der Waals surface area contributed by atoms with E-state index in [0.29, 0.717) is 0 Å². The Labute approximate surface area is 131 Å². The van der Waals surface area contributed by atoms with Gasteiger partial charge in [0.25, 0.3) is 0 Å². The van der Waals surface area contributed by atoms with Crippen molar-refractivity contribution in [2.24, 2.45) is 0 Å². The average Bonchev–Trinajstić information content (AvgIpc) is 2.61. The van der Waals surface area contributed by atoms with Gasteiger partial charge < -0.3 is 10.1 Å². The molecule has 0 aliphatic heterocycles. The van der Waals surface area contributed by atoms with Crippen LogP contribution in [0.1, 0.15) is 5.56 Å². The van der Waals surface area contributed by atoms with Crippen LogP contribution in [0.25, 0.3) is 11.1 Å². The molecule has 3 rings (SSSR count). The van der Waals surface area contributed by atoms with Crippen LogP contribution >= 0.6 is 0 Å². The Kier molecular flexibility index (Phi) is 4.40. The second-order valence-corrected chi connectivity index (χ2v) is 5.15. The minimum Gasteiger partial charge on any atom is -0.497 e. The fraction of sp³-hybridized carbons (Fsp3) is 0.100. The van der Waals surface area contributed by atoms with Crippen LogP contribution in [-0.2, 0) is 6.54 Å². The number of nitrogens with one attached hydrogen (secondary N) is 1. The average molecular weight is 289 g/mol. The molecule has 22 heavy (non-hydrogen) atoms. The van der Waals surface area contributed by atoms with E-state index >= 15 is 0 Å². The van der Waals surface area contributed by atoms with Crippen LogP contribution in [0, 0.1) is 0 Å². The van der Waals surface area contributed by atoms with Crippen molar-refractivity contribution in [3.8, 4) is 16.9 Å². The number of hydrogen-bond acceptors (Lipinski definition) is 2. The molecule has 0 bridgehead atoms. The number of hydrogen-bond donors (Lipinski definition) is 1. The third kappa shape index (κ3) is 3.47. The maximum atomic E-state index is 5.16. The van der Waals surface area contributed by atoms with E-state index in [1.807, 2.05) is 30.3 Å². The van der Waals surface area contributed by atoms with Gasteiger partial charge in [-0.2, -0.15) is 0 Å². The first-order valence-electron chi connectivity index (χ1n) is 7.37. The van der Waals surface area contributed by atoms with E-state index in [-0.39, 0.29) is 0 Å². The van der Waals surface area contributed by atoms with Crippen LogP contribution in [0.4, 0.5) is 5.69 Å². The maximum Gasteiger partial charge on any atom is 0.119 e. The summed E-state index contributed by atoms with van der Waals surface area (Å²) < 4.78 is 5.16. The standard InChI is InChI=1S/C20H19NO/c1-22-20-13-11-19(12-14-20)21-15-16-7-9-18(10-8-16)17-5-3-2-4-6-17/h2-14,21H,15H2,1H3. The van der Waals surface area contributed by atoms with Crippen LogP contribution in [0.2, 0.25) is 0 Å². The summed E-state index contributed by atoms with van der Waals surface area (Å²) >= 11 is 0. The highest BCUT2D eigenvalue weighted by atomic mass is 16.5. The van der Waals surface area contributed by atoms with Gasteiger partial charge in [-0.3, -0.25) is 0 Å². The number of ether oxygens (including phenoxy) is 1. The van der Waals surface area contributed by atoms with E-state index in [2.05, 4.69) is 53.8 Å². The van der Waals surface area contributed by atoms with Gasteiger partial charge in [-0.15, -0.1) is 0 Å². The zero-order valence-electron chi connectivity index (χ0n) is 12.6. The molecular weight excluding hydrogens is 270 g/mol. The highest BCUT2D eigenvalue weighted by molar-refractivity contribution is 5.63. The summed E-state index contributed by atoms with van der Waals surface area (Å²) in [6, 6.07) is 27.1. The van der Waals surface area contributed by atoms with Gasteiger partial charge >= 0.3 is 0 Å². The topological polar surface area (TPSA) is 21.3 Å². The Morgan fingerprint density at radius 1 is 0.727 bits per heavy atom. The van der Waals surface area contributed by atoms with E-state index in [0.717, 1.165) is 18.0 Å². The smallest absolute Gasteiger partial charge is 0.119 e. The SMILES string of the molecule is COc1ccc(NCc2ccc(-c3ccccc3)cc2)cc1. The molecule has 0 aromatic heterocycles. The molecule has 0 heterocycles. The molecule has 0 aliphatic carbocycles. The number of benzene rings is 3. The Morgan fingerprint density at radius 3 is 2.00 bits per heavy atom. The van der Waals surface area contributed by atoms with Crippen molar-refractivity contribution < 1.29 is 4.74 Å². The minimum absolute atomic E-state index is 0.807. The lowest BCUT2D eigenvalue weighted by molar-refractivity contribution is 0.415. The molecular formula is C20H19NO. The molecule has 3 aromatic rings. The number of methoxy groups -OCH3 is 1. The molecule has 0 saturated heterocycles. The van der Waals surface area contributed by atoms with E-state index in [1.165, 1.54) is 16.7 Å². The molecule has 0 radical (unpaired) electrons. The lowest BCUT2D eigenvalue weighted by atomic mass is 10.0. The minimum atomic E-state index is 0.807. The zero-order valence-corrected chi connectivity index (χ0v) is 12.6. The second kappa shape index (κ2) is 6.81. The molecule has 0 atom stereocenters. The number of anilines is 1. The molecule has 0 amide bonds. The highest BCUT2D eigenvalue weighted by Gasteiger charge is 1.98. The van der Waals surface area contributed by atoms with Crippen molar-refractivity contribution >= 4 is 5.69 Å². The molecule has 0 spiro atoms. The first-order chi connectivity index (χ1) is 10.8. The fourth-order valence-electron chi connectivity index (χ4n) is 2.36. The van der Waals surface area contributed by atoms with Crippen LogP contribution in [0.5, 0.6) is 5.75 Å². The van der Waals surface area contributed by atoms with Crippen molar-refractivity contribution in [3.63, 3.8) is 0 Å². The Bertz CT molecular complexity index is 703. The maximum absolute atomic E-state index is 5.16. The summed E-state index contributed by atoms with van der Waals surface area (Å²) in [5, 5.41) is 3.42. The summed E-state index contributed by atoms with van der Waals surface area (Å²) in [6.45, 7) is 0.807. The predicted octanol–water partition coefficient (Wildman–Crippen LogP) is 4.97. The van der Waals surface area contributed by atoms with E-state index in [4.69, 9.17) is 4.74 Å².